The lowest BCUT2D eigenvalue weighted by atomic mass is 10.0. The summed E-state index contributed by atoms with van der Waals surface area (Å²) in [5, 5.41) is 9.12. The molecule has 0 aliphatic carbocycles. The molecule has 0 saturated heterocycles. The third kappa shape index (κ3) is 6.04. The number of hydrogen-bond acceptors (Lipinski definition) is 5. The summed E-state index contributed by atoms with van der Waals surface area (Å²) >= 11 is 0. The molecule has 2 amide bonds. The molecule has 0 fully saturated rings. The molecule has 0 radical (unpaired) electrons. The van der Waals surface area contributed by atoms with E-state index < -0.39 is 0 Å². The summed E-state index contributed by atoms with van der Waals surface area (Å²) in [6, 6.07) is 11.5. The molecule has 0 spiro atoms. The van der Waals surface area contributed by atoms with Gasteiger partial charge in [0, 0.05) is 12.0 Å². The van der Waals surface area contributed by atoms with Gasteiger partial charge in [0.1, 0.15) is 11.8 Å². The first-order chi connectivity index (χ1) is 14.7. The van der Waals surface area contributed by atoms with Gasteiger partial charge in [-0.05, 0) is 51.9 Å². The van der Waals surface area contributed by atoms with Crippen molar-refractivity contribution >= 4 is 17.5 Å². The quantitative estimate of drug-likeness (QED) is 0.738. The summed E-state index contributed by atoms with van der Waals surface area (Å²) in [6.45, 7) is 10.6. The highest BCUT2D eigenvalue weighted by atomic mass is 16.3. The molecule has 7 heteroatoms. The lowest BCUT2D eigenvalue weighted by Crippen LogP contribution is -2.48. The van der Waals surface area contributed by atoms with E-state index in [9.17, 15) is 9.59 Å². The highest BCUT2D eigenvalue weighted by Gasteiger charge is 2.35. The SMILES string of the molecule is CCN(CC(=O)NC(C)(C)C)CC(=O)N1N=C(c2ccc(C)cc2)C[C@@H]1c1ccco1. The summed E-state index contributed by atoms with van der Waals surface area (Å²) in [6.07, 6.45) is 2.19. The molecule has 0 unspecified atom stereocenters. The van der Waals surface area contributed by atoms with Gasteiger partial charge in [0.2, 0.25) is 5.91 Å². The average molecular weight is 425 g/mol. The fourth-order valence-corrected chi connectivity index (χ4v) is 3.57. The van der Waals surface area contributed by atoms with E-state index in [0.717, 1.165) is 11.3 Å². The summed E-state index contributed by atoms with van der Waals surface area (Å²) < 4.78 is 5.61. The molecular formula is C24H32N4O3. The van der Waals surface area contributed by atoms with Gasteiger partial charge in [-0.1, -0.05) is 36.8 Å². The summed E-state index contributed by atoms with van der Waals surface area (Å²) in [5.41, 5.74) is 2.70. The first kappa shape index (κ1) is 22.7. The Bertz CT molecular complexity index is 927. The van der Waals surface area contributed by atoms with Crippen molar-refractivity contribution in [3.05, 3.63) is 59.5 Å². The molecule has 0 saturated carbocycles. The first-order valence-electron chi connectivity index (χ1n) is 10.7. The Labute approximate surface area is 184 Å². The molecule has 1 aliphatic rings. The molecule has 2 heterocycles. The van der Waals surface area contributed by atoms with Crippen LogP contribution in [0.2, 0.25) is 0 Å². The Morgan fingerprint density at radius 2 is 1.90 bits per heavy atom. The number of benzene rings is 1. The van der Waals surface area contributed by atoms with E-state index >= 15 is 0 Å². The lowest BCUT2D eigenvalue weighted by Gasteiger charge is -2.26. The molecule has 2 aromatic rings. The maximum absolute atomic E-state index is 13.2. The van der Waals surface area contributed by atoms with Gasteiger partial charge in [0.25, 0.3) is 5.91 Å². The van der Waals surface area contributed by atoms with E-state index in [2.05, 4.69) is 10.4 Å². The predicted molar refractivity (Wildman–Crippen MR) is 121 cm³/mol. The number of rotatable bonds is 7. The van der Waals surface area contributed by atoms with E-state index in [4.69, 9.17) is 4.42 Å². The lowest BCUT2D eigenvalue weighted by molar-refractivity contribution is -0.135. The summed E-state index contributed by atoms with van der Waals surface area (Å²) in [7, 11) is 0. The maximum atomic E-state index is 13.2. The molecule has 1 aromatic carbocycles. The van der Waals surface area contributed by atoms with Crippen LogP contribution >= 0.6 is 0 Å². The number of hydrogen-bond donors (Lipinski definition) is 1. The summed E-state index contributed by atoms with van der Waals surface area (Å²) in [5.74, 6) is 0.441. The molecule has 3 rings (SSSR count). The van der Waals surface area contributed by atoms with E-state index in [1.54, 1.807) is 6.26 Å². The van der Waals surface area contributed by atoms with Crippen LogP contribution in [-0.4, -0.2) is 52.6 Å². The van der Waals surface area contributed by atoms with Crippen molar-refractivity contribution in [2.24, 2.45) is 5.10 Å². The second kappa shape index (κ2) is 9.47. The number of furan rings is 1. The molecular weight excluding hydrogens is 392 g/mol. The Hall–Kier alpha value is -2.93. The number of amides is 2. The molecule has 0 bridgehead atoms. The van der Waals surface area contributed by atoms with Gasteiger partial charge in [-0.3, -0.25) is 14.5 Å². The number of nitrogens with one attached hydrogen (secondary N) is 1. The van der Waals surface area contributed by atoms with E-state index in [1.165, 1.54) is 10.6 Å². The maximum Gasteiger partial charge on any atom is 0.257 e. The monoisotopic (exact) mass is 424 g/mol. The van der Waals surface area contributed by atoms with Crippen molar-refractivity contribution in [3.8, 4) is 0 Å². The Morgan fingerprint density at radius 3 is 2.48 bits per heavy atom. The van der Waals surface area contributed by atoms with E-state index in [-0.39, 0.29) is 36.5 Å². The van der Waals surface area contributed by atoms with Crippen molar-refractivity contribution in [1.82, 2.24) is 15.2 Å². The standard InChI is InChI=1S/C24H32N4O3/c1-6-27(15-22(29)25-24(3,4)5)16-23(30)28-20(21-8-7-13-31-21)14-19(26-28)18-11-9-17(2)10-12-18/h7-13,20H,6,14-16H2,1-5H3,(H,25,29)/t20-/m1/s1. The van der Waals surface area contributed by atoms with Gasteiger partial charge in [0.05, 0.1) is 25.1 Å². The first-order valence-corrected chi connectivity index (χ1v) is 10.7. The Kier molecular flexibility index (Phi) is 6.95. The van der Waals surface area contributed by atoms with Gasteiger partial charge < -0.3 is 9.73 Å². The molecule has 1 aromatic heterocycles. The van der Waals surface area contributed by atoms with Gasteiger partial charge in [-0.25, -0.2) is 5.01 Å². The topological polar surface area (TPSA) is 78.2 Å². The fourth-order valence-electron chi connectivity index (χ4n) is 3.57. The average Bonchev–Trinajstić information content (AvgIpc) is 3.36. The minimum Gasteiger partial charge on any atom is -0.467 e. The molecule has 7 nitrogen and oxygen atoms in total. The number of carbonyl (C=O) groups excluding carboxylic acids is 2. The summed E-state index contributed by atoms with van der Waals surface area (Å²) in [4.78, 5) is 27.4. The molecule has 1 N–H and O–H groups in total. The highest BCUT2D eigenvalue weighted by molar-refractivity contribution is 6.03. The Balaban J connectivity index is 1.76. The van der Waals surface area contributed by atoms with Crippen LogP contribution in [0.15, 0.2) is 52.2 Å². The van der Waals surface area contributed by atoms with Crippen LogP contribution < -0.4 is 5.32 Å². The molecule has 166 valence electrons. The third-order valence-corrected chi connectivity index (χ3v) is 5.11. The largest absolute Gasteiger partial charge is 0.467 e. The van der Waals surface area contributed by atoms with Crippen molar-refractivity contribution in [2.45, 2.75) is 52.6 Å². The van der Waals surface area contributed by atoms with Crippen molar-refractivity contribution in [1.29, 1.82) is 0 Å². The number of hydrazone groups is 1. The van der Waals surface area contributed by atoms with Crippen LogP contribution in [0.1, 0.15) is 57.0 Å². The van der Waals surface area contributed by atoms with Gasteiger partial charge >= 0.3 is 0 Å². The van der Waals surface area contributed by atoms with Gasteiger partial charge in [-0.2, -0.15) is 5.10 Å². The van der Waals surface area contributed by atoms with Crippen LogP contribution in [0.25, 0.3) is 0 Å². The minimum absolute atomic E-state index is 0.102. The van der Waals surface area contributed by atoms with Crippen LogP contribution in [0.5, 0.6) is 0 Å². The number of aryl methyl sites for hydroxylation is 1. The zero-order valence-corrected chi connectivity index (χ0v) is 19.0. The molecule has 1 atom stereocenters. The zero-order chi connectivity index (χ0) is 22.6. The zero-order valence-electron chi connectivity index (χ0n) is 19.0. The minimum atomic E-state index is -0.312. The smallest absolute Gasteiger partial charge is 0.257 e. The fraction of sp³-hybridized carbons (Fsp3) is 0.458. The molecule has 1 aliphatic heterocycles. The number of likely N-dealkylation sites (N-methyl/N-ethyl adjacent to an activating group) is 1. The molecule has 31 heavy (non-hydrogen) atoms. The van der Waals surface area contributed by atoms with Crippen LogP contribution in [0, 0.1) is 6.92 Å². The van der Waals surface area contributed by atoms with Crippen LogP contribution in [0.3, 0.4) is 0 Å². The Morgan fingerprint density at radius 1 is 1.19 bits per heavy atom. The van der Waals surface area contributed by atoms with Crippen LogP contribution in [-0.2, 0) is 9.59 Å². The van der Waals surface area contributed by atoms with Crippen molar-refractivity contribution in [2.75, 3.05) is 19.6 Å². The highest BCUT2D eigenvalue weighted by Crippen LogP contribution is 2.33. The predicted octanol–water partition coefficient (Wildman–Crippen LogP) is 3.50. The van der Waals surface area contributed by atoms with Gasteiger partial charge in [0.15, 0.2) is 0 Å². The van der Waals surface area contributed by atoms with E-state index in [0.29, 0.717) is 18.7 Å². The second-order valence-corrected chi connectivity index (χ2v) is 8.99. The third-order valence-electron chi connectivity index (χ3n) is 5.11. The number of carbonyl (C=O) groups is 2. The normalized spacial score (nSPS) is 16.5. The number of nitrogens with zero attached hydrogens (tertiary/aromatic N) is 3. The van der Waals surface area contributed by atoms with Crippen molar-refractivity contribution in [3.63, 3.8) is 0 Å². The van der Waals surface area contributed by atoms with E-state index in [1.807, 2.05) is 75.9 Å². The van der Waals surface area contributed by atoms with Gasteiger partial charge in [-0.15, -0.1) is 0 Å². The second-order valence-electron chi connectivity index (χ2n) is 8.99. The van der Waals surface area contributed by atoms with Crippen LogP contribution in [0.4, 0.5) is 0 Å². The van der Waals surface area contributed by atoms with Crippen molar-refractivity contribution < 1.29 is 14.0 Å².